The summed E-state index contributed by atoms with van der Waals surface area (Å²) in [5, 5.41) is 3.09. The van der Waals surface area contributed by atoms with E-state index in [2.05, 4.69) is 21.2 Å². The summed E-state index contributed by atoms with van der Waals surface area (Å²) >= 11 is 3.09. The second-order valence-corrected chi connectivity index (χ2v) is 4.71. The fourth-order valence-corrected chi connectivity index (χ4v) is 1.86. The first-order valence-electron chi connectivity index (χ1n) is 5.72. The molecule has 0 aliphatic carbocycles. The average Bonchev–Trinajstić information content (AvgIpc) is 2.41. The maximum Gasteiger partial charge on any atom is 0.137 e. The highest BCUT2D eigenvalue weighted by atomic mass is 79.9. The predicted octanol–water partition coefficient (Wildman–Crippen LogP) is 4.22. The largest absolute Gasteiger partial charge is 0.492 e. The summed E-state index contributed by atoms with van der Waals surface area (Å²) in [5.74, 6) is 0.00364. The molecule has 2 aromatic carbocycles. The van der Waals surface area contributed by atoms with Gasteiger partial charge in [-0.25, -0.2) is 8.78 Å². The molecule has 0 spiro atoms. The Hall–Kier alpha value is -1.62. The van der Waals surface area contributed by atoms with Crippen LogP contribution in [0.1, 0.15) is 0 Å². The van der Waals surface area contributed by atoms with E-state index in [4.69, 9.17) is 4.74 Å². The fraction of sp³-hybridized carbons (Fsp3) is 0.143. The molecular weight excluding hydrogens is 316 g/mol. The Bertz CT molecular complexity index is 546. The van der Waals surface area contributed by atoms with E-state index in [9.17, 15) is 8.78 Å². The lowest BCUT2D eigenvalue weighted by molar-refractivity contribution is 0.332. The summed E-state index contributed by atoms with van der Waals surface area (Å²) in [6.45, 7) is 0.996. The molecule has 0 amide bonds. The molecule has 1 N–H and O–H groups in total. The average molecular weight is 328 g/mol. The Morgan fingerprint density at radius 1 is 1.05 bits per heavy atom. The van der Waals surface area contributed by atoms with Crippen LogP contribution in [0.2, 0.25) is 0 Å². The van der Waals surface area contributed by atoms with Gasteiger partial charge in [-0.1, -0.05) is 0 Å². The van der Waals surface area contributed by atoms with Crippen molar-refractivity contribution in [3.63, 3.8) is 0 Å². The van der Waals surface area contributed by atoms with Crippen molar-refractivity contribution in [2.45, 2.75) is 0 Å². The van der Waals surface area contributed by atoms with E-state index < -0.39 is 0 Å². The third kappa shape index (κ3) is 4.21. The van der Waals surface area contributed by atoms with E-state index in [1.165, 1.54) is 18.2 Å². The highest BCUT2D eigenvalue weighted by Gasteiger charge is 2.01. The number of anilines is 1. The molecule has 5 heteroatoms. The van der Waals surface area contributed by atoms with E-state index in [1.54, 1.807) is 24.3 Å². The van der Waals surface area contributed by atoms with Crippen LogP contribution in [-0.2, 0) is 0 Å². The van der Waals surface area contributed by atoms with E-state index >= 15 is 0 Å². The minimum absolute atomic E-state index is 0.266. The first kappa shape index (κ1) is 13.8. The highest BCUT2D eigenvalue weighted by Crippen LogP contribution is 2.21. The zero-order valence-corrected chi connectivity index (χ0v) is 11.6. The summed E-state index contributed by atoms with van der Waals surface area (Å²) < 4.78 is 31.5. The van der Waals surface area contributed by atoms with Crippen LogP contribution in [-0.4, -0.2) is 13.2 Å². The molecule has 0 radical (unpaired) electrons. The van der Waals surface area contributed by atoms with Crippen LogP contribution in [0.3, 0.4) is 0 Å². The number of ether oxygens (including phenoxy) is 1. The zero-order valence-electron chi connectivity index (χ0n) is 10.00. The van der Waals surface area contributed by atoms with Gasteiger partial charge in [-0.2, -0.15) is 0 Å². The Morgan fingerprint density at radius 2 is 1.79 bits per heavy atom. The third-order valence-electron chi connectivity index (χ3n) is 2.44. The summed E-state index contributed by atoms with van der Waals surface area (Å²) in [6.07, 6.45) is 0. The lowest BCUT2D eigenvalue weighted by Crippen LogP contribution is -2.11. The topological polar surface area (TPSA) is 21.3 Å². The molecule has 2 aromatic rings. The number of benzene rings is 2. The molecule has 19 heavy (non-hydrogen) atoms. The monoisotopic (exact) mass is 327 g/mol. The zero-order chi connectivity index (χ0) is 13.7. The standard InChI is InChI=1S/C14H12BrF2NO/c15-13-9-12(5-6-14(13)17)19-8-7-18-11-3-1-10(16)2-4-11/h1-6,9,18H,7-8H2. The van der Waals surface area contributed by atoms with Crippen molar-refractivity contribution in [2.75, 3.05) is 18.5 Å². The Balaban J connectivity index is 1.77. The van der Waals surface area contributed by atoms with Gasteiger partial charge in [0.15, 0.2) is 0 Å². The number of nitrogens with one attached hydrogen (secondary N) is 1. The maximum absolute atomic E-state index is 13.0. The lowest BCUT2D eigenvalue weighted by atomic mass is 10.3. The lowest BCUT2D eigenvalue weighted by Gasteiger charge is -2.09. The predicted molar refractivity (Wildman–Crippen MR) is 74.5 cm³/mol. The molecule has 0 aliphatic rings. The Kier molecular flexibility index (Phi) is 4.74. The summed E-state index contributed by atoms with van der Waals surface area (Å²) in [6, 6.07) is 10.6. The molecule has 0 bridgehead atoms. The van der Waals surface area contributed by atoms with Gasteiger partial charge in [-0.05, 0) is 58.4 Å². The van der Waals surface area contributed by atoms with Gasteiger partial charge in [-0.3, -0.25) is 0 Å². The minimum atomic E-state index is -0.322. The number of halogens is 3. The van der Waals surface area contributed by atoms with Crippen LogP contribution in [0.5, 0.6) is 5.75 Å². The molecule has 2 nitrogen and oxygen atoms in total. The SMILES string of the molecule is Fc1ccc(NCCOc2ccc(F)c(Br)c2)cc1. The Morgan fingerprint density at radius 3 is 2.47 bits per heavy atom. The molecule has 0 unspecified atom stereocenters. The van der Waals surface area contributed by atoms with Crippen LogP contribution in [0.15, 0.2) is 46.9 Å². The van der Waals surface area contributed by atoms with Gasteiger partial charge < -0.3 is 10.1 Å². The van der Waals surface area contributed by atoms with Crippen LogP contribution in [0.4, 0.5) is 14.5 Å². The fourth-order valence-electron chi connectivity index (χ4n) is 1.50. The molecule has 0 heterocycles. The summed E-state index contributed by atoms with van der Waals surface area (Å²) in [5.41, 5.74) is 0.824. The quantitative estimate of drug-likeness (QED) is 0.830. The van der Waals surface area contributed by atoms with Gasteiger partial charge in [-0.15, -0.1) is 0 Å². The van der Waals surface area contributed by atoms with Crippen molar-refractivity contribution in [3.05, 3.63) is 58.6 Å². The minimum Gasteiger partial charge on any atom is -0.492 e. The van der Waals surface area contributed by atoms with E-state index in [0.717, 1.165) is 5.69 Å². The number of rotatable bonds is 5. The number of hydrogen-bond acceptors (Lipinski definition) is 2. The van der Waals surface area contributed by atoms with Crippen molar-refractivity contribution in [3.8, 4) is 5.75 Å². The van der Waals surface area contributed by atoms with E-state index in [0.29, 0.717) is 23.4 Å². The third-order valence-corrected chi connectivity index (χ3v) is 3.04. The molecule has 0 aromatic heterocycles. The number of hydrogen-bond donors (Lipinski definition) is 1. The molecule has 0 atom stereocenters. The molecule has 0 fully saturated rings. The van der Waals surface area contributed by atoms with Crippen molar-refractivity contribution < 1.29 is 13.5 Å². The van der Waals surface area contributed by atoms with Crippen molar-refractivity contribution in [1.29, 1.82) is 0 Å². The summed E-state index contributed by atoms with van der Waals surface area (Å²) in [7, 11) is 0. The first-order valence-corrected chi connectivity index (χ1v) is 6.52. The summed E-state index contributed by atoms with van der Waals surface area (Å²) in [4.78, 5) is 0. The maximum atomic E-state index is 13.0. The molecule has 0 aliphatic heterocycles. The van der Waals surface area contributed by atoms with Crippen molar-refractivity contribution in [1.82, 2.24) is 0 Å². The van der Waals surface area contributed by atoms with Gasteiger partial charge in [0, 0.05) is 12.2 Å². The normalized spacial score (nSPS) is 10.3. The van der Waals surface area contributed by atoms with Gasteiger partial charge in [0.1, 0.15) is 24.0 Å². The molecule has 100 valence electrons. The van der Waals surface area contributed by atoms with Crippen LogP contribution < -0.4 is 10.1 Å². The van der Waals surface area contributed by atoms with E-state index in [1.807, 2.05) is 0 Å². The first-order chi connectivity index (χ1) is 9.15. The van der Waals surface area contributed by atoms with Crippen LogP contribution >= 0.6 is 15.9 Å². The van der Waals surface area contributed by atoms with Crippen molar-refractivity contribution >= 4 is 21.6 Å². The van der Waals surface area contributed by atoms with Crippen molar-refractivity contribution in [2.24, 2.45) is 0 Å². The highest BCUT2D eigenvalue weighted by molar-refractivity contribution is 9.10. The molecule has 0 saturated heterocycles. The van der Waals surface area contributed by atoms with Gasteiger partial charge in [0.2, 0.25) is 0 Å². The Labute approximate surface area is 118 Å². The van der Waals surface area contributed by atoms with Crippen LogP contribution in [0, 0.1) is 11.6 Å². The van der Waals surface area contributed by atoms with Gasteiger partial charge in [0.25, 0.3) is 0 Å². The smallest absolute Gasteiger partial charge is 0.137 e. The molecule has 2 rings (SSSR count). The molecular formula is C14H12BrF2NO. The second kappa shape index (κ2) is 6.52. The second-order valence-electron chi connectivity index (χ2n) is 3.86. The van der Waals surface area contributed by atoms with Gasteiger partial charge in [0.05, 0.1) is 4.47 Å². The van der Waals surface area contributed by atoms with E-state index in [-0.39, 0.29) is 11.6 Å². The molecule has 0 saturated carbocycles. The van der Waals surface area contributed by atoms with Gasteiger partial charge >= 0.3 is 0 Å². The van der Waals surface area contributed by atoms with Crippen LogP contribution in [0.25, 0.3) is 0 Å².